The molecule has 1 fully saturated rings. The molecule has 0 saturated heterocycles. The maximum atomic E-state index is 12.9. The predicted octanol–water partition coefficient (Wildman–Crippen LogP) is 4.76. The molecule has 3 rings (SSSR count). The summed E-state index contributed by atoms with van der Waals surface area (Å²) in [4.78, 5) is 11.7. The molecule has 6 heteroatoms. The van der Waals surface area contributed by atoms with Gasteiger partial charge in [0, 0.05) is 11.6 Å². The molecule has 2 aromatic rings. The minimum absolute atomic E-state index is 0.361. The Balaban J connectivity index is 2.08. The van der Waals surface area contributed by atoms with Crippen LogP contribution in [0.25, 0.3) is 11.5 Å². The Hall–Kier alpha value is -1.14. The number of aromatic amines is 1. The molecule has 0 aromatic carbocycles. The molecule has 0 atom stereocenters. The van der Waals surface area contributed by atoms with Crippen molar-refractivity contribution in [1.29, 1.82) is 0 Å². The third-order valence-corrected chi connectivity index (χ3v) is 4.98. The minimum Gasteiger partial charge on any atom is -0.341 e. The highest BCUT2D eigenvalue weighted by atomic mass is 79.9. The van der Waals surface area contributed by atoms with E-state index in [1.165, 1.54) is 25.1 Å². The third kappa shape index (κ3) is 2.67. The molecule has 0 spiro atoms. The summed E-state index contributed by atoms with van der Waals surface area (Å²) in [5.41, 5.74) is 1.69. The van der Waals surface area contributed by atoms with Gasteiger partial charge in [0.1, 0.15) is 16.2 Å². The molecule has 0 radical (unpaired) electrons. The quantitative estimate of drug-likeness (QED) is 0.791. The van der Waals surface area contributed by atoms with E-state index in [-0.39, 0.29) is 5.82 Å². The van der Waals surface area contributed by atoms with E-state index < -0.39 is 0 Å². The van der Waals surface area contributed by atoms with Crippen LogP contribution in [0.4, 0.5) is 4.39 Å². The fourth-order valence-corrected chi connectivity index (χ4v) is 3.32. The molecule has 2 heterocycles. The van der Waals surface area contributed by atoms with Crippen LogP contribution in [-0.2, 0) is 0 Å². The number of pyridine rings is 1. The van der Waals surface area contributed by atoms with Crippen molar-refractivity contribution in [3.8, 4) is 11.5 Å². The minimum atomic E-state index is -0.361. The van der Waals surface area contributed by atoms with Gasteiger partial charge in [-0.15, -0.1) is 0 Å². The van der Waals surface area contributed by atoms with Gasteiger partial charge in [-0.25, -0.2) is 14.4 Å². The SMILES string of the molecule is Fc1ccc(-c2nc(=S)c(Br)c(C3CCCC3)[nH]2)nc1. The van der Waals surface area contributed by atoms with E-state index in [2.05, 4.69) is 30.9 Å². The Morgan fingerprint density at radius 2 is 2.05 bits per heavy atom. The second-order valence-corrected chi connectivity index (χ2v) is 6.14. The van der Waals surface area contributed by atoms with E-state index in [0.29, 0.717) is 22.1 Å². The Morgan fingerprint density at radius 1 is 1.30 bits per heavy atom. The largest absolute Gasteiger partial charge is 0.341 e. The molecule has 1 saturated carbocycles. The van der Waals surface area contributed by atoms with Gasteiger partial charge in [-0.1, -0.05) is 25.1 Å². The number of nitrogens with zero attached hydrogens (tertiary/aromatic N) is 2. The van der Waals surface area contributed by atoms with Gasteiger partial charge in [-0.05, 0) is 40.9 Å². The van der Waals surface area contributed by atoms with Crippen LogP contribution in [0.1, 0.15) is 37.3 Å². The van der Waals surface area contributed by atoms with Gasteiger partial charge in [-0.2, -0.15) is 0 Å². The van der Waals surface area contributed by atoms with Crippen molar-refractivity contribution >= 4 is 28.1 Å². The summed E-state index contributed by atoms with van der Waals surface area (Å²) in [6, 6.07) is 2.98. The molecule has 2 aromatic heterocycles. The molecule has 1 aliphatic rings. The Kier molecular flexibility index (Phi) is 3.94. The number of hydrogen-bond acceptors (Lipinski definition) is 3. The van der Waals surface area contributed by atoms with Gasteiger partial charge >= 0.3 is 0 Å². The Morgan fingerprint density at radius 3 is 2.70 bits per heavy atom. The summed E-state index contributed by atoms with van der Waals surface area (Å²) in [5.74, 6) is 0.717. The van der Waals surface area contributed by atoms with Gasteiger partial charge < -0.3 is 4.98 Å². The number of halogens is 2. The maximum absolute atomic E-state index is 12.9. The van der Waals surface area contributed by atoms with Crippen LogP contribution in [-0.4, -0.2) is 15.0 Å². The average Bonchev–Trinajstić information content (AvgIpc) is 2.96. The summed E-state index contributed by atoms with van der Waals surface area (Å²) in [6.45, 7) is 0. The van der Waals surface area contributed by atoms with Gasteiger partial charge in [0.25, 0.3) is 0 Å². The highest BCUT2D eigenvalue weighted by molar-refractivity contribution is 9.10. The molecule has 0 aliphatic heterocycles. The summed E-state index contributed by atoms with van der Waals surface area (Å²) in [7, 11) is 0. The number of H-pyrrole nitrogens is 1. The van der Waals surface area contributed by atoms with Crippen LogP contribution in [0, 0.1) is 10.5 Å². The zero-order valence-electron chi connectivity index (χ0n) is 10.7. The van der Waals surface area contributed by atoms with Crippen molar-refractivity contribution in [3.05, 3.63) is 39.0 Å². The molecule has 104 valence electrons. The summed E-state index contributed by atoms with van der Waals surface area (Å²) in [6.07, 6.45) is 5.98. The van der Waals surface area contributed by atoms with Gasteiger partial charge in [0.15, 0.2) is 5.82 Å². The van der Waals surface area contributed by atoms with E-state index in [9.17, 15) is 4.39 Å². The molecule has 3 nitrogen and oxygen atoms in total. The zero-order valence-corrected chi connectivity index (χ0v) is 13.1. The first kappa shape index (κ1) is 13.8. The van der Waals surface area contributed by atoms with Crippen molar-refractivity contribution < 1.29 is 4.39 Å². The number of rotatable bonds is 2. The first-order chi connectivity index (χ1) is 9.65. The van der Waals surface area contributed by atoms with E-state index in [1.54, 1.807) is 6.07 Å². The molecular weight excluding hydrogens is 341 g/mol. The van der Waals surface area contributed by atoms with Crippen LogP contribution in [0.3, 0.4) is 0 Å². The predicted molar refractivity (Wildman–Crippen MR) is 81.5 cm³/mol. The highest BCUT2D eigenvalue weighted by Gasteiger charge is 2.22. The lowest BCUT2D eigenvalue weighted by Gasteiger charge is -2.13. The van der Waals surface area contributed by atoms with Gasteiger partial charge in [-0.3, -0.25) is 0 Å². The van der Waals surface area contributed by atoms with Crippen molar-refractivity contribution in [3.63, 3.8) is 0 Å². The molecule has 1 N–H and O–H groups in total. The second-order valence-electron chi connectivity index (χ2n) is 4.96. The van der Waals surface area contributed by atoms with E-state index in [4.69, 9.17) is 12.2 Å². The summed E-state index contributed by atoms with van der Waals surface area (Å²) in [5, 5.41) is 0. The van der Waals surface area contributed by atoms with Crippen molar-refractivity contribution in [2.45, 2.75) is 31.6 Å². The number of hydrogen-bond donors (Lipinski definition) is 1. The number of aromatic nitrogens is 3. The molecular formula is C14H13BrFN3S. The van der Waals surface area contributed by atoms with Crippen LogP contribution in [0.2, 0.25) is 0 Å². The number of nitrogens with one attached hydrogen (secondary N) is 1. The van der Waals surface area contributed by atoms with Gasteiger partial charge in [0.2, 0.25) is 0 Å². The summed E-state index contributed by atoms with van der Waals surface area (Å²) >= 11 is 8.84. The topological polar surface area (TPSA) is 41.6 Å². The smallest absolute Gasteiger partial charge is 0.157 e. The average molecular weight is 354 g/mol. The second kappa shape index (κ2) is 5.69. The fourth-order valence-electron chi connectivity index (χ4n) is 2.61. The monoisotopic (exact) mass is 353 g/mol. The first-order valence-electron chi connectivity index (χ1n) is 6.57. The molecule has 0 unspecified atom stereocenters. The lowest BCUT2D eigenvalue weighted by molar-refractivity contribution is 0.621. The molecule has 0 bridgehead atoms. The van der Waals surface area contributed by atoms with Crippen LogP contribution in [0.5, 0.6) is 0 Å². The highest BCUT2D eigenvalue weighted by Crippen LogP contribution is 2.37. The maximum Gasteiger partial charge on any atom is 0.157 e. The van der Waals surface area contributed by atoms with Crippen LogP contribution >= 0.6 is 28.1 Å². The first-order valence-corrected chi connectivity index (χ1v) is 7.77. The van der Waals surface area contributed by atoms with E-state index in [0.717, 1.165) is 23.0 Å². The van der Waals surface area contributed by atoms with E-state index in [1.807, 2.05) is 0 Å². The van der Waals surface area contributed by atoms with Crippen LogP contribution in [0.15, 0.2) is 22.8 Å². The lowest BCUT2D eigenvalue weighted by Crippen LogP contribution is -2.03. The molecule has 1 aliphatic carbocycles. The van der Waals surface area contributed by atoms with Crippen molar-refractivity contribution in [2.75, 3.05) is 0 Å². The van der Waals surface area contributed by atoms with Gasteiger partial charge in [0.05, 0.1) is 10.7 Å². The third-order valence-electron chi connectivity index (χ3n) is 3.62. The Labute approximate surface area is 129 Å². The Bertz CT molecular complexity index is 678. The van der Waals surface area contributed by atoms with Crippen molar-refractivity contribution in [2.24, 2.45) is 0 Å². The lowest BCUT2D eigenvalue weighted by atomic mass is 10.0. The van der Waals surface area contributed by atoms with E-state index >= 15 is 0 Å². The standard InChI is InChI=1S/C14H13BrFN3S/c15-11-12(8-3-1-2-4-8)18-13(19-14(11)20)10-6-5-9(16)7-17-10/h5-8H,1-4H2,(H,18,19,20). The normalized spacial score (nSPS) is 15.7. The molecule has 0 amide bonds. The fraction of sp³-hybridized carbons (Fsp3) is 0.357. The van der Waals surface area contributed by atoms with Crippen LogP contribution < -0.4 is 0 Å². The zero-order chi connectivity index (χ0) is 14.1. The van der Waals surface area contributed by atoms with Crippen molar-refractivity contribution in [1.82, 2.24) is 15.0 Å². The summed E-state index contributed by atoms with van der Waals surface area (Å²) < 4.78 is 14.3. The molecule has 20 heavy (non-hydrogen) atoms.